The number of carbonyl (C=O) groups is 2. The van der Waals surface area contributed by atoms with Crippen LogP contribution in [0.25, 0.3) is 0 Å². The van der Waals surface area contributed by atoms with Crippen molar-refractivity contribution < 1.29 is 14.7 Å². The molecule has 3 aromatic rings. The van der Waals surface area contributed by atoms with Crippen LogP contribution in [0, 0.1) is 0 Å². The number of rotatable bonds is 6. The molecule has 0 bridgehead atoms. The molecule has 4 rings (SSSR count). The molecule has 1 aliphatic rings. The second-order valence-electron chi connectivity index (χ2n) is 6.07. The SMILES string of the molecule is O=C(O)Cn1nc(Cc2cccs2)nc1C[C@@H]1NC(=O)c2ccccc21. The van der Waals surface area contributed by atoms with Gasteiger partial charge in [-0.15, -0.1) is 11.3 Å². The van der Waals surface area contributed by atoms with Crippen molar-refractivity contribution in [3.8, 4) is 0 Å². The van der Waals surface area contributed by atoms with Gasteiger partial charge in [-0.25, -0.2) is 9.67 Å². The van der Waals surface area contributed by atoms with E-state index in [1.807, 2.05) is 35.7 Å². The number of carboxylic acids is 1. The summed E-state index contributed by atoms with van der Waals surface area (Å²) in [4.78, 5) is 28.9. The molecule has 1 amide bonds. The van der Waals surface area contributed by atoms with E-state index < -0.39 is 5.97 Å². The van der Waals surface area contributed by atoms with Gasteiger partial charge in [-0.3, -0.25) is 9.59 Å². The van der Waals surface area contributed by atoms with Gasteiger partial charge in [0.05, 0.1) is 6.04 Å². The van der Waals surface area contributed by atoms with E-state index in [0.29, 0.717) is 30.1 Å². The van der Waals surface area contributed by atoms with E-state index in [4.69, 9.17) is 5.11 Å². The number of benzene rings is 1. The van der Waals surface area contributed by atoms with Crippen molar-refractivity contribution in [1.29, 1.82) is 0 Å². The molecule has 0 unspecified atom stereocenters. The number of carboxylic acid groups (broad SMARTS) is 1. The molecule has 0 radical (unpaired) electrons. The zero-order chi connectivity index (χ0) is 18.1. The maximum Gasteiger partial charge on any atom is 0.325 e. The number of hydrogen-bond donors (Lipinski definition) is 2. The fourth-order valence-electron chi connectivity index (χ4n) is 3.14. The van der Waals surface area contributed by atoms with Crippen LogP contribution in [0.3, 0.4) is 0 Å². The van der Waals surface area contributed by atoms with E-state index >= 15 is 0 Å². The summed E-state index contributed by atoms with van der Waals surface area (Å²) in [5.74, 6) is 0.0469. The van der Waals surface area contributed by atoms with Crippen molar-refractivity contribution in [3.05, 3.63) is 69.4 Å². The lowest BCUT2D eigenvalue weighted by Gasteiger charge is -2.11. The van der Waals surface area contributed by atoms with Crippen LogP contribution in [0.5, 0.6) is 0 Å². The molecule has 1 aliphatic heterocycles. The number of carbonyl (C=O) groups excluding carboxylic acids is 1. The van der Waals surface area contributed by atoms with Crippen molar-refractivity contribution >= 4 is 23.2 Å². The first-order valence-corrected chi connectivity index (χ1v) is 9.04. The molecule has 2 aromatic heterocycles. The standard InChI is InChI=1S/C18H16N4O3S/c23-17(24)10-22-16(20-15(21-22)8-11-4-3-7-26-11)9-14-12-5-1-2-6-13(12)18(25)19-14/h1-7,14H,8-10H2,(H,19,25)(H,23,24)/t14-/m0/s1. The molecular formula is C18H16N4O3S. The van der Waals surface area contributed by atoms with Crippen molar-refractivity contribution in [3.63, 3.8) is 0 Å². The Morgan fingerprint density at radius 1 is 1.27 bits per heavy atom. The van der Waals surface area contributed by atoms with Gasteiger partial charge in [-0.05, 0) is 23.1 Å². The summed E-state index contributed by atoms with van der Waals surface area (Å²) in [5, 5.41) is 18.4. The summed E-state index contributed by atoms with van der Waals surface area (Å²) in [6.45, 7) is -0.255. The van der Waals surface area contributed by atoms with E-state index in [0.717, 1.165) is 10.4 Å². The quantitative estimate of drug-likeness (QED) is 0.694. The van der Waals surface area contributed by atoms with E-state index in [-0.39, 0.29) is 18.5 Å². The summed E-state index contributed by atoms with van der Waals surface area (Å²) in [6, 6.07) is 11.1. The highest BCUT2D eigenvalue weighted by molar-refractivity contribution is 7.09. The van der Waals surface area contributed by atoms with Gasteiger partial charge in [0.25, 0.3) is 5.91 Å². The molecule has 7 nitrogen and oxygen atoms in total. The van der Waals surface area contributed by atoms with Crippen LogP contribution in [0.2, 0.25) is 0 Å². The molecule has 1 aromatic carbocycles. The average Bonchev–Trinajstić information content (AvgIpc) is 3.31. The Balaban J connectivity index is 1.62. The first-order chi connectivity index (χ1) is 12.6. The first kappa shape index (κ1) is 16.5. The van der Waals surface area contributed by atoms with Crippen LogP contribution in [-0.4, -0.2) is 31.7 Å². The zero-order valence-electron chi connectivity index (χ0n) is 13.8. The molecule has 3 heterocycles. The van der Waals surface area contributed by atoms with E-state index in [9.17, 15) is 9.59 Å². The van der Waals surface area contributed by atoms with Crippen LogP contribution in [0.1, 0.15) is 38.5 Å². The summed E-state index contributed by atoms with van der Waals surface area (Å²) in [5.41, 5.74) is 1.56. The molecule has 8 heteroatoms. The Hall–Kier alpha value is -3.00. The van der Waals surface area contributed by atoms with E-state index in [1.165, 1.54) is 4.68 Å². The minimum Gasteiger partial charge on any atom is -0.480 e. The summed E-state index contributed by atoms with van der Waals surface area (Å²) < 4.78 is 1.42. The number of thiophene rings is 1. The number of aromatic nitrogens is 3. The first-order valence-electron chi connectivity index (χ1n) is 8.16. The summed E-state index contributed by atoms with van der Waals surface area (Å²) in [7, 11) is 0. The van der Waals surface area contributed by atoms with Crippen molar-refractivity contribution in [1.82, 2.24) is 20.1 Å². The lowest BCUT2D eigenvalue weighted by Crippen LogP contribution is -2.23. The second-order valence-corrected chi connectivity index (χ2v) is 7.10. The highest BCUT2D eigenvalue weighted by atomic mass is 32.1. The minimum absolute atomic E-state index is 0.117. The van der Waals surface area contributed by atoms with Gasteiger partial charge in [-0.1, -0.05) is 24.3 Å². The highest BCUT2D eigenvalue weighted by Crippen LogP contribution is 2.27. The third-order valence-electron chi connectivity index (χ3n) is 4.26. The Labute approximate surface area is 153 Å². The molecule has 2 N–H and O–H groups in total. The van der Waals surface area contributed by atoms with Crippen molar-refractivity contribution in [2.75, 3.05) is 0 Å². The number of hydrogen-bond acceptors (Lipinski definition) is 5. The minimum atomic E-state index is -0.977. The van der Waals surface area contributed by atoms with E-state index in [1.54, 1.807) is 17.4 Å². The molecule has 0 saturated carbocycles. The van der Waals surface area contributed by atoms with Crippen LogP contribution >= 0.6 is 11.3 Å². The molecule has 26 heavy (non-hydrogen) atoms. The smallest absolute Gasteiger partial charge is 0.325 e. The van der Waals surface area contributed by atoms with Crippen LogP contribution in [-0.2, 0) is 24.2 Å². The number of nitrogens with one attached hydrogen (secondary N) is 1. The normalized spacial score (nSPS) is 15.7. The van der Waals surface area contributed by atoms with Crippen LogP contribution in [0.15, 0.2) is 41.8 Å². The monoisotopic (exact) mass is 368 g/mol. The van der Waals surface area contributed by atoms with Crippen molar-refractivity contribution in [2.24, 2.45) is 0 Å². The predicted octanol–water partition coefficient (Wildman–Crippen LogP) is 2.04. The Morgan fingerprint density at radius 3 is 2.88 bits per heavy atom. The molecule has 0 fully saturated rings. The third kappa shape index (κ3) is 3.23. The van der Waals surface area contributed by atoms with E-state index in [2.05, 4.69) is 15.4 Å². The highest BCUT2D eigenvalue weighted by Gasteiger charge is 2.29. The second kappa shape index (κ2) is 6.72. The summed E-state index contributed by atoms with van der Waals surface area (Å²) in [6.07, 6.45) is 0.957. The molecule has 0 spiro atoms. The van der Waals surface area contributed by atoms with Crippen LogP contribution < -0.4 is 5.32 Å². The molecule has 1 atom stereocenters. The fraction of sp³-hybridized carbons (Fsp3) is 0.222. The number of aliphatic carboxylic acids is 1. The zero-order valence-corrected chi connectivity index (χ0v) is 14.6. The van der Waals surface area contributed by atoms with Gasteiger partial charge in [0, 0.05) is 23.3 Å². The maximum absolute atomic E-state index is 12.1. The molecule has 0 aliphatic carbocycles. The predicted molar refractivity (Wildman–Crippen MR) is 95.1 cm³/mol. The van der Waals surface area contributed by atoms with Gasteiger partial charge in [0.15, 0.2) is 5.82 Å². The number of amides is 1. The van der Waals surface area contributed by atoms with Gasteiger partial charge < -0.3 is 10.4 Å². The summed E-state index contributed by atoms with van der Waals surface area (Å²) >= 11 is 1.61. The average molecular weight is 368 g/mol. The van der Waals surface area contributed by atoms with Crippen LogP contribution in [0.4, 0.5) is 0 Å². The molecular weight excluding hydrogens is 352 g/mol. The van der Waals surface area contributed by atoms with Crippen molar-refractivity contribution in [2.45, 2.75) is 25.4 Å². The van der Waals surface area contributed by atoms with Gasteiger partial charge in [-0.2, -0.15) is 5.10 Å². The number of fused-ring (bicyclic) bond motifs is 1. The van der Waals surface area contributed by atoms with Gasteiger partial charge >= 0.3 is 5.97 Å². The molecule has 132 valence electrons. The third-order valence-corrected chi connectivity index (χ3v) is 5.14. The Kier molecular flexibility index (Phi) is 4.26. The maximum atomic E-state index is 12.1. The topological polar surface area (TPSA) is 97.1 Å². The molecule has 0 saturated heterocycles. The van der Waals surface area contributed by atoms with Gasteiger partial charge in [0.2, 0.25) is 0 Å². The number of nitrogens with zero attached hydrogens (tertiary/aromatic N) is 3. The Bertz CT molecular complexity index is 965. The lowest BCUT2D eigenvalue weighted by molar-refractivity contribution is -0.137. The largest absolute Gasteiger partial charge is 0.480 e. The van der Waals surface area contributed by atoms with Gasteiger partial charge in [0.1, 0.15) is 12.4 Å². The fourth-order valence-corrected chi connectivity index (χ4v) is 3.84. The Morgan fingerprint density at radius 2 is 2.12 bits per heavy atom. The lowest BCUT2D eigenvalue weighted by atomic mass is 10.0.